The molecule has 0 aliphatic carbocycles. The van der Waals surface area contributed by atoms with Crippen LogP contribution in [0.4, 0.5) is 4.39 Å². The number of thioether (sulfide) groups is 1. The molecule has 2 rings (SSSR count). The molecule has 4 heteroatoms. The first-order valence-corrected chi connectivity index (χ1v) is 7.23. The molecule has 2 aromatic carbocycles. The number of halogens is 2. The first-order valence-electron chi connectivity index (χ1n) is 5.45. The third kappa shape index (κ3) is 3.57. The van der Waals surface area contributed by atoms with Crippen LogP contribution in [-0.2, 0) is 12.4 Å². The predicted octanol–water partition coefficient (Wildman–Crippen LogP) is 4.37. The van der Waals surface area contributed by atoms with E-state index in [-0.39, 0.29) is 12.4 Å². The summed E-state index contributed by atoms with van der Waals surface area (Å²) in [6.45, 7) is 0.0502. The molecule has 94 valence electrons. The van der Waals surface area contributed by atoms with Gasteiger partial charge in [0.25, 0.3) is 0 Å². The van der Waals surface area contributed by atoms with E-state index < -0.39 is 0 Å². The van der Waals surface area contributed by atoms with Gasteiger partial charge in [-0.2, -0.15) is 0 Å². The lowest BCUT2D eigenvalue weighted by molar-refractivity contribution is 0.281. The van der Waals surface area contributed by atoms with E-state index in [0.717, 1.165) is 26.2 Å². The second-order valence-electron chi connectivity index (χ2n) is 3.83. The Morgan fingerprint density at radius 1 is 1.17 bits per heavy atom. The Morgan fingerprint density at radius 2 is 2.00 bits per heavy atom. The van der Waals surface area contributed by atoms with Crippen LogP contribution in [0.3, 0.4) is 0 Å². The largest absolute Gasteiger partial charge is 0.392 e. The standard InChI is InChI=1S/C14H12BrFOS/c15-14-7-12(16)5-4-11(14)9-18-13-3-1-2-10(6-13)8-17/h1-7,17H,8-9H2. The SMILES string of the molecule is OCc1cccc(SCc2ccc(F)cc2Br)c1. The Morgan fingerprint density at radius 3 is 2.72 bits per heavy atom. The van der Waals surface area contributed by atoms with Gasteiger partial charge < -0.3 is 5.11 Å². The number of hydrogen-bond acceptors (Lipinski definition) is 2. The van der Waals surface area contributed by atoms with E-state index in [0.29, 0.717) is 0 Å². The highest BCUT2D eigenvalue weighted by Gasteiger charge is 2.03. The molecule has 0 fully saturated rings. The van der Waals surface area contributed by atoms with Gasteiger partial charge in [0, 0.05) is 15.1 Å². The smallest absolute Gasteiger partial charge is 0.124 e. The Bertz CT molecular complexity index is 545. The van der Waals surface area contributed by atoms with Crippen LogP contribution in [0.25, 0.3) is 0 Å². The predicted molar refractivity (Wildman–Crippen MR) is 76.0 cm³/mol. The van der Waals surface area contributed by atoms with Gasteiger partial charge in [-0.15, -0.1) is 11.8 Å². The zero-order valence-electron chi connectivity index (χ0n) is 9.57. The fourth-order valence-electron chi connectivity index (χ4n) is 1.53. The number of aliphatic hydroxyl groups excluding tert-OH is 1. The summed E-state index contributed by atoms with van der Waals surface area (Å²) in [5.74, 6) is 0.522. The highest BCUT2D eigenvalue weighted by Crippen LogP contribution is 2.27. The van der Waals surface area contributed by atoms with E-state index in [9.17, 15) is 4.39 Å². The molecule has 0 atom stereocenters. The Hall–Kier alpha value is -0.840. The second-order valence-corrected chi connectivity index (χ2v) is 5.73. The number of aliphatic hydroxyl groups is 1. The third-order valence-corrected chi connectivity index (χ3v) is 4.27. The van der Waals surface area contributed by atoms with E-state index in [1.54, 1.807) is 17.8 Å². The van der Waals surface area contributed by atoms with Gasteiger partial charge in [0.2, 0.25) is 0 Å². The average Bonchev–Trinajstić information content (AvgIpc) is 2.38. The molecule has 0 aliphatic rings. The number of rotatable bonds is 4. The fourth-order valence-corrected chi connectivity index (χ4v) is 3.19. The monoisotopic (exact) mass is 326 g/mol. The normalized spacial score (nSPS) is 10.6. The van der Waals surface area contributed by atoms with Crippen molar-refractivity contribution in [2.24, 2.45) is 0 Å². The highest BCUT2D eigenvalue weighted by molar-refractivity contribution is 9.10. The first kappa shape index (κ1) is 13.6. The van der Waals surface area contributed by atoms with Gasteiger partial charge in [-0.25, -0.2) is 4.39 Å². The maximum Gasteiger partial charge on any atom is 0.124 e. The molecule has 0 unspecified atom stereocenters. The molecule has 18 heavy (non-hydrogen) atoms. The van der Waals surface area contributed by atoms with Crippen molar-refractivity contribution >= 4 is 27.7 Å². The summed E-state index contributed by atoms with van der Waals surface area (Å²) in [4.78, 5) is 1.10. The molecule has 0 aliphatic heterocycles. The minimum absolute atomic E-state index is 0.0502. The Balaban J connectivity index is 2.06. The molecular weight excluding hydrogens is 315 g/mol. The molecule has 1 nitrogen and oxygen atoms in total. The highest BCUT2D eigenvalue weighted by atomic mass is 79.9. The van der Waals surface area contributed by atoms with Crippen molar-refractivity contribution in [2.45, 2.75) is 17.3 Å². The van der Waals surface area contributed by atoms with Crippen molar-refractivity contribution in [3.8, 4) is 0 Å². The van der Waals surface area contributed by atoms with Crippen LogP contribution in [0.5, 0.6) is 0 Å². The zero-order chi connectivity index (χ0) is 13.0. The summed E-state index contributed by atoms with van der Waals surface area (Å²) in [6.07, 6.45) is 0. The summed E-state index contributed by atoms with van der Waals surface area (Å²) in [7, 11) is 0. The summed E-state index contributed by atoms with van der Waals surface area (Å²) in [5, 5.41) is 9.06. The van der Waals surface area contributed by atoms with Gasteiger partial charge in [-0.1, -0.05) is 34.1 Å². The summed E-state index contributed by atoms with van der Waals surface area (Å²) in [5.41, 5.74) is 1.95. The van der Waals surface area contributed by atoms with Gasteiger partial charge in [-0.05, 0) is 35.4 Å². The molecule has 0 bridgehead atoms. The fraction of sp³-hybridized carbons (Fsp3) is 0.143. The third-order valence-electron chi connectivity index (χ3n) is 2.49. The maximum atomic E-state index is 12.9. The lowest BCUT2D eigenvalue weighted by Crippen LogP contribution is -1.86. The van der Waals surface area contributed by atoms with Crippen molar-refractivity contribution in [1.82, 2.24) is 0 Å². The Kier molecular flexibility index (Phi) is 4.80. The molecule has 0 spiro atoms. The quantitative estimate of drug-likeness (QED) is 0.842. The molecule has 0 aromatic heterocycles. The molecule has 0 amide bonds. The van der Waals surface area contributed by atoms with Crippen LogP contribution in [0.2, 0.25) is 0 Å². The van der Waals surface area contributed by atoms with Crippen LogP contribution in [0, 0.1) is 5.82 Å². The van der Waals surface area contributed by atoms with Crippen molar-refractivity contribution < 1.29 is 9.50 Å². The van der Waals surface area contributed by atoms with Crippen molar-refractivity contribution in [3.05, 3.63) is 63.9 Å². The van der Waals surface area contributed by atoms with Crippen molar-refractivity contribution in [2.75, 3.05) is 0 Å². The zero-order valence-corrected chi connectivity index (χ0v) is 12.0. The van der Waals surface area contributed by atoms with Crippen LogP contribution >= 0.6 is 27.7 Å². The molecular formula is C14H12BrFOS. The van der Waals surface area contributed by atoms with Crippen LogP contribution in [0.15, 0.2) is 51.8 Å². The summed E-state index contributed by atoms with van der Waals surface area (Å²) in [6, 6.07) is 12.5. The van der Waals surface area contributed by atoms with Gasteiger partial charge in [0.1, 0.15) is 5.82 Å². The van der Waals surface area contributed by atoms with E-state index in [1.807, 2.05) is 24.3 Å². The molecule has 1 N–H and O–H groups in total. The minimum Gasteiger partial charge on any atom is -0.392 e. The van der Waals surface area contributed by atoms with E-state index in [1.165, 1.54) is 12.1 Å². The maximum absolute atomic E-state index is 12.9. The lowest BCUT2D eigenvalue weighted by Gasteiger charge is -2.06. The minimum atomic E-state index is -0.238. The number of benzene rings is 2. The average molecular weight is 327 g/mol. The van der Waals surface area contributed by atoms with E-state index in [4.69, 9.17) is 5.11 Å². The summed E-state index contributed by atoms with van der Waals surface area (Å²) < 4.78 is 13.7. The Labute approximate surface area is 118 Å². The van der Waals surface area contributed by atoms with Crippen molar-refractivity contribution in [1.29, 1.82) is 0 Å². The van der Waals surface area contributed by atoms with Crippen LogP contribution < -0.4 is 0 Å². The van der Waals surface area contributed by atoms with Gasteiger partial charge in [0.15, 0.2) is 0 Å². The molecule has 2 aromatic rings. The first-order chi connectivity index (χ1) is 8.69. The van der Waals surface area contributed by atoms with E-state index >= 15 is 0 Å². The molecule has 0 saturated heterocycles. The van der Waals surface area contributed by atoms with Crippen LogP contribution in [0.1, 0.15) is 11.1 Å². The molecule has 0 saturated carbocycles. The van der Waals surface area contributed by atoms with Crippen molar-refractivity contribution in [3.63, 3.8) is 0 Å². The second kappa shape index (κ2) is 6.36. The topological polar surface area (TPSA) is 20.2 Å². The molecule has 0 radical (unpaired) electrons. The summed E-state index contributed by atoms with van der Waals surface area (Å²) >= 11 is 5.01. The lowest BCUT2D eigenvalue weighted by atomic mass is 10.2. The van der Waals surface area contributed by atoms with Gasteiger partial charge in [0.05, 0.1) is 6.61 Å². The molecule has 0 heterocycles. The van der Waals surface area contributed by atoms with Gasteiger partial charge >= 0.3 is 0 Å². The van der Waals surface area contributed by atoms with Gasteiger partial charge in [-0.3, -0.25) is 0 Å². The van der Waals surface area contributed by atoms with E-state index in [2.05, 4.69) is 15.9 Å². The van der Waals surface area contributed by atoms with Crippen LogP contribution in [-0.4, -0.2) is 5.11 Å². The number of hydrogen-bond donors (Lipinski definition) is 1.